The summed E-state index contributed by atoms with van der Waals surface area (Å²) in [6, 6.07) is 7.37. The molecule has 1 atom stereocenters. The van der Waals surface area contributed by atoms with Crippen LogP contribution < -0.4 is 5.32 Å². The van der Waals surface area contributed by atoms with E-state index in [2.05, 4.69) is 10.3 Å². The first-order valence-corrected chi connectivity index (χ1v) is 6.38. The molecule has 0 aliphatic heterocycles. The summed E-state index contributed by atoms with van der Waals surface area (Å²) in [6.07, 6.45) is -4.52. The van der Waals surface area contributed by atoms with Crippen molar-refractivity contribution in [1.29, 1.82) is 0 Å². The maximum Gasteiger partial charge on any atom is 0.400 e. The van der Waals surface area contributed by atoms with Gasteiger partial charge in [-0.25, -0.2) is 4.98 Å². The van der Waals surface area contributed by atoms with Gasteiger partial charge in [0.15, 0.2) is 0 Å². The summed E-state index contributed by atoms with van der Waals surface area (Å²) in [5.74, 6) is -3.05. The van der Waals surface area contributed by atoms with Gasteiger partial charge in [0, 0.05) is 0 Å². The molecule has 0 radical (unpaired) electrons. The number of fused-ring (bicyclic) bond motifs is 1. The number of nitrogens with one attached hydrogen (secondary N) is 1. The molecule has 2 rings (SSSR count). The largest absolute Gasteiger partial charge is 0.400 e. The van der Waals surface area contributed by atoms with Crippen LogP contribution in [0.25, 0.3) is 10.2 Å². The second kappa shape index (κ2) is 5.16. The molecule has 2 aromatic rings. The van der Waals surface area contributed by atoms with Gasteiger partial charge in [-0.2, -0.15) is 13.2 Å². The average Bonchev–Trinajstić information content (AvgIpc) is 2.76. The fraction of sp³-hybridized carbons (Fsp3) is 0.333. The quantitative estimate of drug-likeness (QED) is 0.943. The molecule has 1 heterocycles. The van der Waals surface area contributed by atoms with E-state index in [0.29, 0.717) is 5.01 Å². The Labute approximate surface area is 111 Å². The summed E-state index contributed by atoms with van der Waals surface area (Å²) in [5.41, 5.74) is 0.778. The Hall–Kier alpha value is -1.63. The van der Waals surface area contributed by atoms with E-state index in [9.17, 15) is 18.0 Å². The number of thiazole rings is 1. The standard InChI is InChI=1S/C12H11F3N2OS/c1-7(12(13,14)15)11(18)16-6-10-17-8-4-2-3-5-9(8)19-10/h2-5,7H,6H2,1H3,(H,16,18)/t7-/m1/s1. The van der Waals surface area contributed by atoms with Crippen molar-refractivity contribution in [3.8, 4) is 0 Å². The van der Waals surface area contributed by atoms with Gasteiger partial charge in [-0.05, 0) is 19.1 Å². The third-order valence-corrected chi connectivity index (χ3v) is 3.67. The van der Waals surface area contributed by atoms with Crippen LogP contribution in [-0.4, -0.2) is 17.1 Å². The second-order valence-electron chi connectivity index (χ2n) is 4.06. The predicted octanol–water partition coefficient (Wildman–Crippen LogP) is 3.11. The molecular formula is C12H11F3N2OS. The molecule has 0 spiro atoms. The van der Waals surface area contributed by atoms with Crippen molar-refractivity contribution in [3.05, 3.63) is 29.3 Å². The fourth-order valence-electron chi connectivity index (χ4n) is 1.46. The van der Waals surface area contributed by atoms with E-state index in [-0.39, 0.29) is 6.54 Å². The maximum absolute atomic E-state index is 12.3. The van der Waals surface area contributed by atoms with Crippen LogP contribution in [-0.2, 0) is 11.3 Å². The van der Waals surface area contributed by atoms with Gasteiger partial charge >= 0.3 is 6.18 Å². The van der Waals surface area contributed by atoms with Crippen molar-refractivity contribution in [2.75, 3.05) is 0 Å². The van der Waals surface area contributed by atoms with E-state index in [1.54, 1.807) is 0 Å². The highest BCUT2D eigenvalue weighted by Crippen LogP contribution is 2.26. The Balaban J connectivity index is 2.01. The summed E-state index contributed by atoms with van der Waals surface area (Å²) < 4.78 is 37.9. The zero-order valence-electron chi connectivity index (χ0n) is 9.99. The van der Waals surface area contributed by atoms with Crippen molar-refractivity contribution < 1.29 is 18.0 Å². The van der Waals surface area contributed by atoms with E-state index >= 15 is 0 Å². The van der Waals surface area contributed by atoms with Crippen LogP contribution in [0.15, 0.2) is 24.3 Å². The zero-order valence-corrected chi connectivity index (χ0v) is 10.8. The van der Waals surface area contributed by atoms with Gasteiger partial charge in [-0.3, -0.25) is 4.79 Å². The molecule has 0 aliphatic carbocycles. The lowest BCUT2D eigenvalue weighted by Gasteiger charge is -2.14. The molecule has 0 aliphatic rings. The predicted molar refractivity (Wildman–Crippen MR) is 66.7 cm³/mol. The van der Waals surface area contributed by atoms with Gasteiger partial charge in [0.05, 0.1) is 16.8 Å². The lowest BCUT2D eigenvalue weighted by atomic mass is 10.1. The molecule has 1 aromatic heterocycles. The van der Waals surface area contributed by atoms with Crippen molar-refractivity contribution in [1.82, 2.24) is 10.3 Å². The molecule has 3 nitrogen and oxygen atoms in total. The van der Waals surface area contributed by atoms with Gasteiger partial charge in [-0.1, -0.05) is 12.1 Å². The van der Waals surface area contributed by atoms with Crippen LogP contribution in [0.2, 0.25) is 0 Å². The van der Waals surface area contributed by atoms with Crippen LogP contribution in [0.1, 0.15) is 11.9 Å². The van der Waals surface area contributed by atoms with E-state index in [4.69, 9.17) is 0 Å². The number of aromatic nitrogens is 1. The van der Waals surface area contributed by atoms with Crippen LogP contribution in [0, 0.1) is 5.92 Å². The molecule has 1 N–H and O–H groups in total. The van der Waals surface area contributed by atoms with Gasteiger partial charge in [-0.15, -0.1) is 11.3 Å². The fourth-order valence-corrected chi connectivity index (χ4v) is 2.37. The number of carbonyl (C=O) groups excluding carboxylic acids is 1. The first-order chi connectivity index (χ1) is 8.88. The highest BCUT2D eigenvalue weighted by atomic mass is 32.1. The van der Waals surface area contributed by atoms with Gasteiger partial charge in [0.1, 0.15) is 10.9 Å². The number of halogens is 3. The summed E-state index contributed by atoms with van der Waals surface area (Å²) >= 11 is 1.35. The first kappa shape index (κ1) is 13.8. The molecule has 0 saturated heterocycles. The number of hydrogen-bond donors (Lipinski definition) is 1. The first-order valence-electron chi connectivity index (χ1n) is 5.57. The summed E-state index contributed by atoms with van der Waals surface area (Å²) in [6.45, 7) is 0.853. The van der Waals surface area contributed by atoms with Gasteiger partial charge < -0.3 is 5.32 Å². The monoisotopic (exact) mass is 288 g/mol. The Bertz CT molecular complexity index is 561. The van der Waals surface area contributed by atoms with Gasteiger partial charge in [0.25, 0.3) is 0 Å². The summed E-state index contributed by atoms with van der Waals surface area (Å²) in [5, 5.41) is 2.84. The van der Waals surface area contributed by atoms with Crippen LogP contribution in [0.5, 0.6) is 0 Å². The highest BCUT2D eigenvalue weighted by Gasteiger charge is 2.40. The number of benzene rings is 1. The molecule has 1 amide bonds. The zero-order chi connectivity index (χ0) is 14.0. The van der Waals surface area contributed by atoms with E-state index in [1.807, 2.05) is 24.3 Å². The molecule has 0 saturated carbocycles. The second-order valence-corrected chi connectivity index (χ2v) is 5.17. The van der Waals surface area contributed by atoms with Crippen LogP contribution in [0.4, 0.5) is 13.2 Å². The Morgan fingerprint density at radius 2 is 2.11 bits per heavy atom. The Morgan fingerprint density at radius 1 is 1.42 bits per heavy atom. The molecule has 19 heavy (non-hydrogen) atoms. The number of amides is 1. The number of nitrogens with zero attached hydrogens (tertiary/aromatic N) is 1. The maximum atomic E-state index is 12.3. The molecule has 7 heteroatoms. The number of para-hydroxylation sites is 1. The van der Waals surface area contributed by atoms with Crippen molar-refractivity contribution >= 4 is 27.5 Å². The number of rotatable bonds is 3. The van der Waals surface area contributed by atoms with Crippen LogP contribution >= 0.6 is 11.3 Å². The van der Waals surface area contributed by atoms with Crippen molar-refractivity contribution in [2.45, 2.75) is 19.6 Å². The van der Waals surface area contributed by atoms with E-state index in [0.717, 1.165) is 17.1 Å². The number of hydrogen-bond acceptors (Lipinski definition) is 3. The van der Waals surface area contributed by atoms with E-state index < -0.39 is 18.0 Å². The lowest BCUT2D eigenvalue weighted by Crippen LogP contribution is -2.37. The molecule has 0 bridgehead atoms. The topological polar surface area (TPSA) is 42.0 Å². The van der Waals surface area contributed by atoms with E-state index in [1.165, 1.54) is 11.3 Å². The third-order valence-electron chi connectivity index (χ3n) is 2.64. The lowest BCUT2D eigenvalue weighted by molar-refractivity contribution is -0.178. The van der Waals surface area contributed by atoms with Crippen molar-refractivity contribution in [3.63, 3.8) is 0 Å². The Kier molecular flexibility index (Phi) is 3.75. The minimum atomic E-state index is -4.52. The van der Waals surface area contributed by atoms with Gasteiger partial charge in [0.2, 0.25) is 5.91 Å². The summed E-state index contributed by atoms with van der Waals surface area (Å²) in [7, 11) is 0. The highest BCUT2D eigenvalue weighted by molar-refractivity contribution is 7.18. The minimum Gasteiger partial charge on any atom is -0.349 e. The van der Waals surface area contributed by atoms with Crippen molar-refractivity contribution in [2.24, 2.45) is 5.92 Å². The van der Waals surface area contributed by atoms with Crippen LogP contribution in [0.3, 0.4) is 0 Å². The smallest absolute Gasteiger partial charge is 0.349 e. The molecule has 1 aromatic carbocycles. The average molecular weight is 288 g/mol. The Morgan fingerprint density at radius 3 is 2.74 bits per heavy atom. The third kappa shape index (κ3) is 3.23. The molecule has 102 valence electrons. The number of alkyl halides is 3. The molecule has 0 fully saturated rings. The normalized spacial score (nSPS) is 13.5. The summed E-state index contributed by atoms with van der Waals surface area (Å²) in [4.78, 5) is 15.6. The SMILES string of the molecule is C[C@H](C(=O)NCc1nc2ccccc2s1)C(F)(F)F. The molecule has 0 unspecified atom stereocenters. The number of carbonyl (C=O) groups is 1. The molecular weight excluding hydrogens is 277 g/mol. The minimum absolute atomic E-state index is 0.0125.